The van der Waals surface area contributed by atoms with Crippen molar-refractivity contribution in [2.24, 2.45) is 0 Å². The van der Waals surface area contributed by atoms with Gasteiger partial charge in [0.2, 0.25) is 0 Å². The van der Waals surface area contributed by atoms with Gasteiger partial charge >= 0.3 is 0 Å². The first-order chi connectivity index (χ1) is 9.74. The Hall–Kier alpha value is -1.65. The van der Waals surface area contributed by atoms with Crippen molar-refractivity contribution in [2.45, 2.75) is 19.1 Å². The quantitative estimate of drug-likeness (QED) is 0.868. The molecular weight excluding hydrogens is 270 g/mol. The highest BCUT2D eigenvalue weighted by Crippen LogP contribution is 2.21. The van der Waals surface area contributed by atoms with Crippen LogP contribution in [0.3, 0.4) is 0 Å². The lowest BCUT2D eigenvalue weighted by Gasteiger charge is -2.28. The van der Waals surface area contributed by atoms with Crippen molar-refractivity contribution in [1.29, 1.82) is 0 Å². The predicted molar refractivity (Wildman–Crippen MR) is 80.0 cm³/mol. The minimum atomic E-state index is 0.0717. The van der Waals surface area contributed by atoms with E-state index in [1.54, 1.807) is 4.90 Å². The maximum Gasteiger partial charge on any atom is 0.263 e. The topological polar surface area (TPSA) is 29.5 Å². The number of thiophene rings is 1. The third kappa shape index (κ3) is 2.76. The molecule has 0 radical (unpaired) electrons. The van der Waals surface area contributed by atoms with Crippen molar-refractivity contribution in [1.82, 2.24) is 4.90 Å². The molecule has 1 unspecified atom stereocenters. The van der Waals surface area contributed by atoms with Crippen molar-refractivity contribution < 1.29 is 9.53 Å². The second-order valence-corrected chi connectivity index (χ2v) is 6.02. The smallest absolute Gasteiger partial charge is 0.263 e. The number of hydrogen-bond acceptors (Lipinski definition) is 3. The zero-order chi connectivity index (χ0) is 13.9. The number of benzene rings is 1. The lowest BCUT2D eigenvalue weighted by molar-refractivity contribution is 0.00995. The molecule has 0 spiro atoms. The van der Waals surface area contributed by atoms with Crippen LogP contribution in [0.25, 0.3) is 0 Å². The number of hydrogen-bond donors (Lipinski definition) is 0. The average molecular weight is 287 g/mol. The molecule has 3 rings (SSSR count). The highest BCUT2D eigenvalue weighted by atomic mass is 32.1. The minimum absolute atomic E-state index is 0.0717. The second kappa shape index (κ2) is 5.77. The largest absolute Gasteiger partial charge is 0.371 e. The summed E-state index contributed by atoms with van der Waals surface area (Å²) in [5.74, 6) is 0.0717. The van der Waals surface area contributed by atoms with Crippen LogP contribution in [0.5, 0.6) is 0 Å². The first-order valence-corrected chi connectivity index (χ1v) is 7.59. The van der Waals surface area contributed by atoms with Gasteiger partial charge in [-0.15, -0.1) is 11.3 Å². The van der Waals surface area contributed by atoms with Gasteiger partial charge in [-0.1, -0.05) is 30.3 Å². The molecule has 2 aromatic rings. The third-order valence-corrected chi connectivity index (χ3v) is 4.45. The second-order valence-electron chi connectivity index (χ2n) is 5.07. The summed E-state index contributed by atoms with van der Waals surface area (Å²) >= 11 is 1.48. The van der Waals surface area contributed by atoms with Crippen molar-refractivity contribution in [2.75, 3.05) is 13.6 Å². The number of carbonyl (C=O) groups excluding carboxylic acids is 1. The Labute approximate surface area is 122 Å². The molecule has 1 amide bonds. The van der Waals surface area contributed by atoms with Crippen LogP contribution >= 0.6 is 11.3 Å². The van der Waals surface area contributed by atoms with Gasteiger partial charge in [0, 0.05) is 20.0 Å². The molecule has 1 aromatic carbocycles. The van der Waals surface area contributed by atoms with Gasteiger partial charge in [0.15, 0.2) is 0 Å². The summed E-state index contributed by atoms with van der Waals surface area (Å²) in [5.41, 5.74) is 2.59. The van der Waals surface area contributed by atoms with E-state index in [1.165, 1.54) is 22.5 Å². The lowest BCUT2D eigenvalue weighted by Crippen LogP contribution is -2.38. The minimum Gasteiger partial charge on any atom is -0.371 e. The van der Waals surface area contributed by atoms with Gasteiger partial charge < -0.3 is 9.64 Å². The van der Waals surface area contributed by atoms with Crippen LogP contribution in [0.2, 0.25) is 0 Å². The van der Waals surface area contributed by atoms with Gasteiger partial charge in [0.05, 0.1) is 17.6 Å². The number of rotatable bonds is 3. The number of fused-ring (bicyclic) bond motifs is 1. The molecule has 0 bridgehead atoms. The van der Waals surface area contributed by atoms with Crippen molar-refractivity contribution in [3.8, 4) is 0 Å². The van der Waals surface area contributed by atoms with Crippen molar-refractivity contribution in [3.05, 3.63) is 57.8 Å². The fraction of sp³-hybridized carbons (Fsp3) is 0.312. The van der Waals surface area contributed by atoms with E-state index >= 15 is 0 Å². The molecule has 0 saturated heterocycles. The third-order valence-electron chi connectivity index (χ3n) is 3.60. The lowest BCUT2D eigenvalue weighted by atomic mass is 9.99. The van der Waals surface area contributed by atoms with E-state index in [9.17, 15) is 4.79 Å². The predicted octanol–water partition coefficient (Wildman–Crippen LogP) is 2.96. The van der Waals surface area contributed by atoms with E-state index in [-0.39, 0.29) is 12.0 Å². The summed E-state index contributed by atoms with van der Waals surface area (Å²) in [6.07, 6.45) is 0.955. The molecule has 0 aliphatic carbocycles. The monoisotopic (exact) mass is 287 g/mol. The average Bonchev–Trinajstić information content (AvgIpc) is 3.00. The summed E-state index contributed by atoms with van der Waals surface area (Å²) in [7, 11) is 1.84. The van der Waals surface area contributed by atoms with Crippen LogP contribution in [-0.4, -0.2) is 30.5 Å². The van der Waals surface area contributed by atoms with Crippen LogP contribution < -0.4 is 0 Å². The van der Waals surface area contributed by atoms with Crippen LogP contribution in [0.15, 0.2) is 41.8 Å². The Morgan fingerprint density at radius 2 is 2.10 bits per heavy atom. The zero-order valence-electron chi connectivity index (χ0n) is 11.4. The summed E-state index contributed by atoms with van der Waals surface area (Å²) in [4.78, 5) is 14.7. The highest BCUT2D eigenvalue weighted by Gasteiger charge is 2.22. The Bertz CT molecular complexity index is 594. The van der Waals surface area contributed by atoms with Crippen molar-refractivity contribution >= 4 is 17.2 Å². The molecule has 2 heterocycles. The SMILES string of the molecule is CN(CC1Cc2ccccc2CO1)C(=O)c1cccs1. The normalized spacial score (nSPS) is 17.6. The van der Waals surface area contributed by atoms with Gasteiger partial charge in [0.1, 0.15) is 0 Å². The molecule has 1 aliphatic heterocycles. The first-order valence-electron chi connectivity index (χ1n) is 6.71. The number of nitrogens with zero attached hydrogens (tertiary/aromatic N) is 1. The Kier molecular flexibility index (Phi) is 3.85. The summed E-state index contributed by atoms with van der Waals surface area (Å²) in [5, 5.41) is 1.93. The van der Waals surface area contributed by atoms with E-state index in [0.717, 1.165) is 11.3 Å². The molecule has 104 valence electrons. The maximum absolute atomic E-state index is 12.2. The van der Waals surface area contributed by atoms with Crippen LogP contribution in [0, 0.1) is 0 Å². The summed E-state index contributed by atoms with van der Waals surface area (Å²) in [6.45, 7) is 1.27. The Morgan fingerprint density at radius 1 is 1.30 bits per heavy atom. The van der Waals surface area contributed by atoms with Crippen LogP contribution in [0.4, 0.5) is 0 Å². The summed E-state index contributed by atoms with van der Waals surface area (Å²) < 4.78 is 5.85. The Balaban J connectivity index is 1.63. The molecule has 20 heavy (non-hydrogen) atoms. The molecular formula is C16H17NO2S. The molecule has 0 fully saturated rings. The van der Waals surface area contributed by atoms with Crippen LogP contribution in [-0.2, 0) is 17.8 Å². The van der Waals surface area contributed by atoms with E-state index in [0.29, 0.717) is 13.2 Å². The van der Waals surface area contributed by atoms with E-state index in [2.05, 4.69) is 18.2 Å². The van der Waals surface area contributed by atoms with Gasteiger partial charge in [-0.3, -0.25) is 4.79 Å². The molecule has 1 atom stereocenters. The number of amides is 1. The summed E-state index contributed by atoms with van der Waals surface area (Å²) in [6, 6.07) is 12.1. The standard InChI is InChI=1S/C16H17NO2S/c1-17(16(18)15-7-4-8-20-15)10-14-9-12-5-2-3-6-13(12)11-19-14/h2-8,14H,9-11H2,1H3. The van der Waals surface area contributed by atoms with Gasteiger partial charge in [-0.25, -0.2) is 0 Å². The molecule has 0 saturated carbocycles. The molecule has 0 N–H and O–H groups in total. The van der Waals surface area contributed by atoms with Gasteiger partial charge in [-0.05, 0) is 22.6 Å². The number of ether oxygens (including phenoxy) is 1. The maximum atomic E-state index is 12.2. The van der Waals surface area contributed by atoms with Gasteiger partial charge in [-0.2, -0.15) is 0 Å². The number of likely N-dealkylation sites (N-methyl/N-ethyl adjacent to an activating group) is 1. The molecule has 1 aromatic heterocycles. The van der Waals surface area contributed by atoms with E-state index in [1.807, 2.05) is 30.6 Å². The molecule has 3 nitrogen and oxygen atoms in total. The number of carbonyl (C=O) groups is 1. The molecule has 1 aliphatic rings. The Morgan fingerprint density at radius 3 is 2.85 bits per heavy atom. The zero-order valence-corrected chi connectivity index (χ0v) is 12.2. The highest BCUT2D eigenvalue weighted by molar-refractivity contribution is 7.12. The fourth-order valence-corrected chi connectivity index (χ4v) is 3.22. The fourth-order valence-electron chi connectivity index (χ4n) is 2.50. The van der Waals surface area contributed by atoms with Gasteiger partial charge in [0.25, 0.3) is 5.91 Å². The van der Waals surface area contributed by atoms with Crippen LogP contribution in [0.1, 0.15) is 20.8 Å². The van der Waals surface area contributed by atoms with E-state index in [4.69, 9.17) is 4.74 Å². The first kappa shape index (κ1) is 13.3. The van der Waals surface area contributed by atoms with E-state index < -0.39 is 0 Å². The van der Waals surface area contributed by atoms with Crippen molar-refractivity contribution in [3.63, 3.8) is 0 Å². The molecule has 4 heteroatoms.